The Labute approximate surface area is 167 Å². The normalized spacial score (nSPS) is 12.0. The highest BCUT2D eigenvalue weighted by atomic mass is 19.2. The van der Waals surface area contributed by atoms with Crippen LogP contribution in [-0.4, -0.2) is 10.2 Å². The summed E-state index contributed by atoms with van der Waals surface area (Å²) < 4.78 is 47.2. The molecule has 3 aromatic carbocycles. The molecule has 0 aliphatic heterocycles. The van der Waals surface area contributed by atoms with Gasteiger partial charge in [0, 0.05) is 5.56 Å². The van der Waals surface area contributed by atoms with Gasteiger partial charge in [-0.05, 0) is 47.4 Å². The van der Waals surface area contributed by atoms with Gasteiger partial charge >= 0.3 is 0 Å². The van der Waals surface area contributed by atoms with Crippen molar-refractivity contribution in [1.29, 1.82) is 0 Å². The first-order valence-corrected chi connectivity index (χ1v) is 9.27. The number of aromatic hydroxyl groups is 1. The lowest BCUT2D eigenvalue weighted by Crippen LogP contribution is -2.01. The van der Waals surface area contributed by atoms with E-state index in [1.54, 1.807) is 30.3 Å². The van der Waals surface area contributed by atoms with Gasteiger partial charge in [0.25, 0.3) is 0 Å². The lowest BCUT2D eigenvalue weighted by molar-refractivity contribution is 0.165. The summed E-state index contributed by atoms with van der Waals surface area (Å²) in [4.78, 5) is 0. The molecule has 152 valence electrons. The lowest BCUT2D eigenvalue weighted by atomic mass is 10.0. The molecule has 0 aromatic heterocycles. The molecule has 3 rings (SSSR count). The van der Waals surface area contributed by atoms with Gasteiger partial charge in [0.05, 0.1) is 6.10 Å². The van der Waals surface area contributed by atoms with Gasteiger partial charge < -0.3 is 14.9 Å². The topological polar surface area (TPSA) is 49.7 Å². The van der Waals surface area contributed by atoms with E-state index in [0.717, 1.165) is 12.5 Å². The highest BCUT2D eigenvalue weighted by Gasteiger charge is 2.14. The molecule has 1 atom stereocenters. The second kappa shape index (κ2) is 9.01. The van der Waals surface area contributed by atoms with Crippen molar-refractivity contribution in [3.63, 3.8) is 0 Å². The predicted octanol–water partition coefficient (Wildman–Crippen LogP) is 5.89. The van der Waals surface area contributed by atoms with E-state index in [0.29, 0.717) is 23.1 Å². The Morgan fingerprint density at radius 3 is 2.31 bits per heavy atom. The summed E-state index contributed by atoms with van der Waals surface area (Å²) in [6, 6.07) is 13.3. The molecule has 0 heterocycles. The zero-order valence-corrected chi connectivity index (χ0v) is 15.8. The molecule has 0 saturated heterocycles. The Morgan fingerprint density at radius 2 is 1.66 bits per heavy atom. The third-order valence-electron chi connectivity index (χ3n) is 4.62. The number of halogens is 3. The molecule has 3 aromatic rings. The number of phenols is 1. The van der Waals surface area contributed by atoms with E-state index in [2.05, 4.69) is 0 Å². The van der Waals surface area contributed by atoms with Crippen molar-refractivity contribution in [2.75, 3.05) is 0 Å². The number of ether oxygens (including phenoxy) is 1. The molecule has 0 saturated carbocycles. The number of phenolic OH excluding ortho intramolecular Hbond substituents is 1. The molecule has 0 aliphatic rings. The average molecular weight is 402 g/mol. The van der Waals surface area contributed by atoms with E-state index in [4.69, 9.17) is 4.74 Å². The summed E-state index contributed by atoms with van der Waals surface area (Å²) in [5.41, 5.74) is 1.68. The highest BCUT2D eigenvalue weighted by molar-refractivity contribution is 5.65. The zero-order valence-electron chi connectivity index (χ0n) is 15.8. The third kappa shape index (κ3) is 4.71. The minimum atomic E-state index is -1.29. The van der Waals surface area contributed by atoms with E-state index in [1.807, 2.05) is 6.92 Å². The second-order valence-corrected chi connectivity index (χ2v) is 6.74. The van der Waals surface area contributed by atoms with Crippen LogP contribution in [-0.2, 0) is 6.61 Å². The van der Waals surface area contributed by atoms with Crippen LogP contribution in [0.25, 0.3) is 11.1 Å². The first kappa shape index (κ1) is 20.7. The first-order chi connectivity index (χ1) is 13.9. The van der Waals surface area contributed by atoms with Crippen molar-refractivity contribution in [1.82, 2.24) is 0 Å². The Bertz CT molecular complexity index is 987. The average Bonchev–Trinajstić information content (AvgIpc) is 2.72. The maximum atomic E-state index is 14.2. The SMILES string of the molecule is CCCC(O)c1ccc(OCc2ccc(-c3ccc(O)c(F)c3F)cc2)c(F)c1. The molecule has 0 aliphatic carbocycles. The number of rotatable bonds is 7. The van der Waals surface area contributed by atoms with Crippen LogP contribution in [0.4, 0.5) is 13.2 Å². The molecule has 0 radical (unpaired) electrons. The summed E-state index contributed by atoms with van der Waals surface area (Å²) in [6.07, 6.45) is 0.635. The fourth-order valence-corrected chi connectivity index (χ4v) is 2.99. The minimum Gasteiger partial charge on any atom is -0.505 e. The molecule has 29 heavy (non-hydrogen) atoms. The zero-order chi connectivity index (χ0) is 21.0. The van der Waals surface area contributed by atoms with Gasteiger partial charge in [-0.3, -0.25) is 0 Å². The quantitative estimate of drug-likeness (QED) is 0.518. The van der Waals surface area contributed by atoms with Crippen LogP contribution in [0.3, 0.4) is 0 Å². The van der Waals surface area contributed by atoms with Crippen molar-refractivity contribution >= 4 is 0 Å². The largest absolute Gasteiger partial charge is 0.505 e. The number of hydrogen-bond donors (Lipinski definition) is 2. The van der Waals surface area contributed by atoms with Crippen LogP contribution in [0, 0.1) is 17.5 Å². The van der Waals surface area contributed by atoms with Gasteiger partial charge in [-0.2, -0.15) is 4.39 Å². The molecule has 0 amide bonds. The summed E-state index contributed by atoms with van der Waals surface area (Å²) in [5, 5.41) is 19.2. The maximum absolute atomic E-state index is 14.2. The maximum Gasteiger partial charge on any atom is 0.200 e. The molecular weight excluding hydrogens is 381 g/mol. The fraction of sp³-hybridized carbons (Fsp3) is 0.217. The molecule has 6 heteroatoms. The van der Waals surface area contributed by atoms with Crippen LogP contribution in [0.15, 0.2) is 54.6 Å². The number of aliphatic hydroxyl groups is 1. The minimum absolute atomic E-state index is 0.0278. The summed E-state index contributed by atoms with van der Waals surface area (Å²) in [6.45, 7) is 2.02. The van der Waals surface area contributed by atoms with Gasteiger partial charge in [0.1, 0.15) is 6.61 Å². The van der Waals surface area contributed by atoms with Gasteiger partial charge in [0.15, 0.2) is 23.1 Å². The molecule has 2 N–H and O–H groups in total. The van der Waals surface area contributed by atoms with Crippen LogP contribution in [0.2, 0.25) is 0 Å². The van der Waals surface area contributed by atoms with E-state index < -0.39 is 29.3 Å². The van der Waals surface area contributed by atoms with E-state index >= 15 is 0 Å². The standard InChI is InChI=1S/C23H21F3O3/c1-2-3-19(27)16-8-11-21(18(24)12-16)29-13-14-4-6-15(7-5-14)17-9-10-20(28)23(26)22(17)25/h4-12,19,27-28H,2-3,13H2,1H3. The van der Waals surface area contributed by atoms with E-state index in [9.17, 15) is 23.4 Å². The summed E-state index contributed by atoms with van der Waals surface area (Å²) in [7, 11) is 0. The fourth-order valence-electron chi connectivity index (χ4n) is 2.99. The van der Waals surface area contributed by atoms with Crippen LogP contribution in [0.5, 0.6) is 11.5 Å². The highest BCUT2D eigenvalue weighted by Crippen LogP contribution is 2.30. The third-order valence-corrected chi connectivity index (χ3v) is 4.62. The van der Waals surface area contributed by atoms with Crippen molar-refractivity contribution < 1.29 is 28.1 Å². The second-order valence-electron chi connectivity index (χ2n) is 6.74. The Balaban J connectivity index is 1.69. The Morgan fingerprint density at radius 1 is 0.931 bits per heavy atom. The van der Waals surface area contributed by atoms with Gasteiger partial charge in [-0.15, -0.1) is 0 Å². The van der Waals surface area contributed by atoms with Crippen molar-refractivity contribution in [2.45, 2.75) is 32.5 Å². The van der Waals surface area contributed by atoms with Gasteiger partial charge in [0.2, 0.25) is 5.82 Å². The van der Waals surface area contributed by atoms with Crippen LogP contribution >= 0.6 is 0 Å². The molecule has 0 spiro atoms. The van der Waals surface area contributed by atoms with E-state index in [-0.39, 0.29) is 17.9 Å². The van der Waals surface area contributed by atoms with Gasteiger partial charge in [-0.25, -0.2) is 8.78 Å². The van der Waals surface area contributed by atoms with Crippen molar-refractivity contribution in [3.8, 4) is 22.6 Å². The molecular formula is C23H21F3O3. The molecule has 0 fully saturated rings. The number of aliphatic hydroxyl groups excluding tert-OH is 1. The summed E-state index contributed by atoms with van der Waals surface area (Å²) in [5.74, 6) is -3.66. The van der Waals surface area contributed by atoms with Crippen molar-refractivity contribution in [2.24, 2.45) is 0 Å². The van der Waals surface area contributed by atoms with Crippen LogP contribution < -0.4 is 4.74 Å². The molecule has 0 bridgehead atoms. The van der Waals surface area contributed by atoms with Gasteiger partial charge in [-0.1, -0.05) is 43.7 Å². The smallest absolute Gasteiger partial charge is 0.200 e. The molecule has 3 nitrogen and oxygen atoms in total. The van der Waals surface area contributed by atoms with Crippen molar-refractivity contribution in [3.05, 3.63) is 83.2 Å². The number of benzene rings is 3. The lowest BCUT2D eigenvalue weighted by Gasteiger charge is -2.12. The van der Waals surface area contributed by atoms with E-state index in [1.165, 1.54) is 18.2 Å². The predicted molar refractivity (Wildman–Crippen MR) is 104 cm³/mol. The molecule has 1 unspecified atom stereocenters. The van der Waals surface area contributed by atoms with Crippen LogP contribution in [0.1, 0.15) is 37.0 Å². The first-order valence-electron chi connectivity index (χ1n) is 9.27. The Hall–Kier alpha value is -2.99. The Kier molecular flexibility index (Phi) is 6.44. The summed E-state index contributed by atoms with van der Waals surface area (Å²) >= 11 is 0. The monoisotopic (exact) mass is 402 g/mol. The number of hydrogen-bond acceptors (Lipinski definition) is 3.